The Labute approximate surface area is 126 Å². The number of para-hydroxylation sites is 1. The van der Waals surface area contributed by atoms with Crippen LogP contribution >= 0.6 is 11.6 Å². The van der Waals surface area contributed by atoms with Crippen molar-refractivity contribution in [1.29, 1.82) is 0 Å². The number of carbonyl (C=O) groups is 1. The summed E-state index contributed by atoms with van der Waals surface area (Å²) in [5.41, 5.74) is 0.203. The zero-order valence-corrected chi connectivity index (χ0v) is 11.9. The van der Waals surface area contributed by atoms with Crippen LogP contribution in [0.4, 0.5) is 11.4 Å². The molecule has 2 aromatic rings. The van der Waals surface area contributed by atoms with Crippen molar-refractivity contribution < 1.29 is 9.72 Å². The van der Waals surface area contributed by atoms with Gasteiger partial charge in [-0.05, 0) is 31.2 Å². The Morgan fingerprint density at radius 1 is 1.33 bits per heavy atom. The number of benzene rings is 1. The number of pyridine rings is 1. The summed E-state index contributed by atoms with van der Waals surface area (Å²) in [6.07, 6.45) is 3.11. The molecule has 108 valence electrons. The normalized spacial score (nSPS) is 10.2. The third-order valence-corrected chi connectivity index (χ3v) is 3.24. The van der Waals surface area contributed by atoms with Gasteiger partial charge in [-0.2, -0.15) is 0 Å². The molecule has 7 heteroatoms. The Morgan fingerprint density at radius 3 is 2.57 bits per heavy atom. The van der Waals surface area contributed by atoms with Crippen molar-refractivity contribution in [2.75, 3.05) is 11.4 Å². The number of aromatic nitrogens is 1. The minimum atomic E-state index is -0.643. The second-order valence-electron chi connectivity index (χ2n) is 4.15. The van der Waals surface area contributed by atoms with E-state index >= 15 is 0 Å². The summed E-state index contributed by atoms with van der Waals surface area (Å²) in [5, 5.41) is 11.1. The number of nitro benzene ring substituents is 1. The van der Waals surface area contributed by atoms with E-state index in [2.05, 4.69) is 4.98 Å². The van der Waals surface area contributed by atoms with Crippen LogP contribution in [-0.2, 0) is 0 Å². The molecule has 1 aromatic carbocycles. The molecule has 1 aromatic heterocycles. The molecule has 1 amide bonds. The Balaban J connectivity index is 2.49. The SMILES string of the molecule is CCN(C(=O)c1cccc(Cl)c1[N+](=O)[O-])c1ccncc1. The van der Waals surface area contributed by atoms with Crippen molar-refractivity contribution in [3.8, 4) is 0 Å². The quantitative estimate of drug-likeness (QED) is 0.641. The van der Waals surface area contributed by atoms with E-state index in [1.54, 1.807) is 31.5 Å². The van der Waals surface area contributed by atoms with Crippen LogP contribution in [0.5, 0.6) is 0 Å². The van der Waals surface area contributed by atoms with E-state index in [1.165, 1.54) is 23.1 Å². The van der Waals surface area contributed by atoms with Crippen molar-refractivity contribution >= 4 is 28.9 Å². The molecule has 0 spiro atoms. The van der Waals surface area contributed by atoms with Crippen molar-refractivity contribution in [3.05, 3.63) is 63.4 Å². The fraction of sp³-hybridized carbons (Fsp3) is 0.143. The first-order chi connectivity index (χ1) is 10.1. The van der Waals surface area contributed by atoms with Gasteiger partial charge in [-0.15, -0.1) is 0 Å². The van der Waals surface area contributed by atoms with Crippen LogP contribution in [0.25, 0.3) is 0 Å². The predicted molar refractivity (Wildman–Crippen MR) is 79.7 cm³/mol. The lowest BCUT2D eigenvalue weighted by molar-refractivity contribution is -0.385. The van der Waals surface area contributed by atoms with Gasteiger partial charge in [-0.3, -0.25) is 19.9 Å². The Bertz CT molecular complexity index is 676. The summed E-state index contributed by atoms with van der Waals surface area (Å²) < 4.78 is 0. The molecule has 2 rings (SSSR count). The van der Waals surface area contributed by atoms with Gasteiger partial charge in [-0.1, -0.05) is 17.7 Å². The maximum atomic E-state index is 12.6. The lowest BCUT2D eigenvalue weighted by Crippen LogP contribution is -2.31. The highest BCUT2D eigenvalue weighted by atomic mass is 35.5. The van der Waals surface area contributed by atoms with Crippen LogP contribution in [0.2, 0.25) is 5.02 Å². The van der Waals surface area contributed by atoms with E-state index in [1.807, 2.05) is 0 Å². The largest absolute Gasteiger partial charge is 0.308 e. The average molecular weight is 306 g/mol. The molecule has 6 nitrogen and oxygen atoms in total. The first-order valence-electron chi connectivity index (χ1n) is 6.21. The number of amides is 1. The van der Waals surface area contributed by atoms with E-state index in [0.717, 1.165) is 0 Å². The summed E-state index contributed by atoms with van der Waals surface area (Å²) in [7, 11) is 0. The van der Waals surface area contributed by atoms with E-state index < -0.39 is 10.8 Å². The summed E-state index contributed by atoms with van der Waals surface area (Å²) in [6, 6.07) is 7.63. The molecular weight excluding hydrogens is 294 g/mol. The summed E-state index contributed by atoms with van der Waals surface area (Å²) in [4.78, 5) is 28.4. The summed E-state index contributed by atoms with van der Waals surface area (Å²) >= 11 is 5.84. The molecule has 0 aliphatic heterocycles. The number of halogens is 1. The molecule has 0 saturated heterocycles. The highest BCUT2D eigenvalue weighted by Crippen LogP contribution is 2.30. The van der Waals surface area contributed by atoms with Crippen molar-refractivity contribution in [1.82, 2.24) is 4.98 Å². The Hall–Kier alpha value is -2.47. The fourth-order valence-electron chi connectivity index (χ4n) is 1.99. The molecule has 0 aliphatic rings. The molecular formula is C14H12ClN3O3. The monoisotopic (exact) mass is 305 g/mol. The highest BCUT2D eigenvalue weighted by Gasteiger charge is 2.27. The molecule has 21 heavy (non-hydrogen) atoms. The number of nitro groups is 1. The average Bonchev–Trinajstić information content (AvgIpc) is 2.48. The van der Waals surface area contributed by atoms with Crippen LogP contribution in [0, 0.1) is 10.1 Å². The summed E-state index contributed by atoms with van der Waals surface area (Å²) in [5.74, 6) is -0.474. The van der Waals surface area contributed by atoms with E-state index in [4.69, 9.17) is 11.6 Å². The second-order valence-corrected chi connectivity index (χ2v) is 4.56. The summed E-state index contributed by atoms with van der Waals surface area (Å²) in [6.45, 7) is 2.15. The maximum absolute atomic E-state index is 12.6. The molecule has 0 bridgehead atoms. The number of hydrogen-bond donors (Lipinski definition) is 0. The number of anilines is 1. The van der Waals surface area contributed by atoms with Gasteiger partial charge >= 0.3 is 5.69 Å². The molecule has 0 atom stereocenters. The van der Waals surface area contributed by atoms with Gasteiger partial charge in [0, 0.05) is 24.6 Å². The highest BCUT2D eigenvalue weighted by molar-refractivity contribution is 6.33. The number of nitrogens with zero attached hydrogens (tertiary/aromatic N) is 3. The molecule has 0 aliphatic carbocycles. The van der Waals surface area contributed by atoms with Crippen molar-refractivity contribution in [2.45, 2.75) is 6.92 Å². The second kappa shape index (κ2) is 6.32. The number of carbonyl (C=O) groups excluding carboxylic acids is 1. The Kier molecular flexibility index (Phi) is 4.49. The Morgan fingerprint density at radius 2 is 2.00 bits per heavy atom. The van der Waals surface area contributed by atoms with Gasteiger partial charge in [-0.25, -0.2) is 0 Å². The van der Waals surface area contributed by atoms with Crippen LogP contribution < -0.4 is 4.90 Å². The lowest BCUT2D eigenvalue weighted by Gasteiger charge is -2.20. The van der Waals surface area contributed by atoms with Gasteiger partial charge in [0.25, 0.3) is 5.91 Å². The molecule has 0 N–H and O–H groups in total. The van der Waals surface area contributed by atoms with Gasteiger partial charge in [0.05, 0.1) is 4.92 Å². The van der Waals surface area contributed by atoms with Gasteiger partial charge in [0.15, 0.2) is 0 Å². The van der Waals surface area contributed by atoms with Crippen LogP contribution in [0.3, 0.4) is 0 Å². The zero-order valence-electron chi connectivity index (χ0n) is 11.2. The number of hydrogen-bond acceptors (Lipinski definition) is 4. The maximum Gasteiger partial charge on any atom is 0.300 e. The van der Waals surface area contributed by atoms with E-state index in [9.17, 15) is 14.9 Å². The fourth-order valence-corrected chi connectivity index (χ4v) is 2.23. The first-order valence-corrected chi connectivity index (χ1v) is 6.58. The number of rotatable bonds is 4. The molecule has 1 heterocycles. The standard InChI is InChI=1S/C14H12ClN3O3/c1-2-17(10-6-8-16-9-7-10)14(19)11-4-3-5-12(15)13(11)18(20)21/h3-9H,2H2,1H3. The molecule has 0 saturated carbocycles. The third-order valence-electron chi connectivity index (χ3n) is 2.94. The zero-order chi connectivity index (χ0) is 15.4. The van der Waals surface area contributed by atoms with Gasteiger partial charge < -0.3 is 4.90 Å². The van der Waals surface area contributed by atoms with Gasteiger partial charge in [0.2, 0.25) is 0 Å². The minimum absolute atomic E-state index is 0.0360. The van der Waals surface area contributed by atoms with Gasteiger partial charge in [0.1, 0.15) is 10.6 Å². The van der Waals surface area contributed by atoms with Crippen LogP contribution in [0.15, 0.2) is 42.7 Å². The molecule has 0 fully saturated rings. The molecule has 0 radical (unpaired) electrons. The third kappa shape index (κ3) is 3.00. The lowest BCUT2D eigenvalue weighted by atomic mass is 10.1. The smallest absolute Gasteiger partial charge is 0.300 e. The first kappa shape index (κ1) is 14.9. The van der Waals surface area contributed by atoms with Crippen molar-refractivity contribution in [3.63, 3.8) is 0 Å². The predicted octanol–water partition coefficient (Wildman–Crippen LogP) is 3.31. The topological polar surface area (TPSA) is 76.3 Å². The van der Waals surface area contributed by atoms with E-state index in [0.29, 0.717) is 12.2 Å². The van der Waals surface area contributed by atoms with Crippen molar-refractivity contribution in [2.24, 2.45) is 0 Å². The van der Waals surface area contributed by atoms with E-state index in [-0.39, 0.29) is 16.3 Å². The molecule has 0 unspecified atom stereocenters. The minimum Gasteiger partial charge on any atom is -0.308 e. The van der Waals surface area contributed by atoms with Crippen LogP contribution in [0.1, 0.15) is 17.3 Å². The van der Waals surface area contributed by atoms with Crippen LogP contribution in [-0.4, -0.2) is 22.4 Å².